The maximum atomic E-state index is 5.87. The number of hydrogen-bond acceptors (Lipinski definition) is 2. The molecular weight excluding hydrogens is 179 g/mol. The van der Waals surface area contributed by atoms with Gasteiger partial charge in [0.25, 0.3) is 0 Å². The van der Waals surface area contributed by atoms with Crippen molar-refractivity contribution in [2.45, 2.75) is 32.6 Å². The van der Waals surface area contributed by atoms with Gasteiger partial charge >= 0.3 is 0 Å². The third kappa shape index (κ3) is 0.955. The van der Waals surface area contributed by atoms with Crippen LogP contribution in [0.4, 0.5) is 5.82 Å². The van der Waals surface area contributed by atoms with Gasteiger partial charge < -0.3 is 5.73 Å². The average molecular weight is 194 g/mol. The normalized spacial score (nSPS) is 24.3. The van der Waals surface area contributed by atoms with E-state index in [0.717, 1.165) is 17.9 Å². The van der Waals surface area contributed by atoms with Crippen LogP contribution in [0.5, 0.6) is 0 Å². The predicted octanol–water partition coefficient (Wildman–Crippen LogP) is 1.50. The molecule has 1 heterocycles. The first-order valence-corrected chi connectivity index (χ1v) is 5.16. The van der Waals surface area contributed by atoms with E-state index in [4.69, 9.17) is 5.73 Å². The number of nitrogens with zero attached hydrogens (tertiary/aromatic N) is 1. The molecule has 0 spiro atoms. The molecular formula is C10H15N2P. The number of hydrogen-bond donors (Lipinski definition) is 1. The summed E-state index contributed by atoms with van der Waals surface area (Å²) in [6, 6.07) is 0. The van der Waals surface area contributed by atoms with Crippen LogP contribution >= 0.6 is 9.24 Å². The van der Waals surface area contributed by atoms with Crippen LogP contribution in [0.3, 0.4) is 0 Å². The van der Waals surface area contributed by atoms with E-state index >= 15 is 0 Å². The van der Waals surface area contributed by atoms with Gasteiger partial charge in [0.15, 0.2) is 0 Å². The Balaban J connectivity index is 2.64. The summed E-state index contributed by atoms with van der Waals surface area (Å²) < 4.78 is 0. The van der Waals surface area contributed by atoms with Crippen LogP contribution in [0.2, 0.25) is 0 Å². The molecule has 3 heteroatoms. The molecule has 0 aromatic carbocycles. The van der Waals surface area contributed by atoms with E-state index in [1.54, 1.807) is 0 Å². The van der Waals surface area contributed by atoms with Gasteiger partial charge in [0.1, 0.15) is 5.82 Å². The van der Waals surface area contributed by atoms with Crippen LogP contribution in [0.15, 0.2) is 0 Å². The molecule has 0 aliphatic heterocycles. The van der Waals surface area contributed by atoms with Crippen molar-refractivity contribution < 1.29 is 0 Å². The van der Waals surface area contributed by atoms with E-state index < -0.39 is 0 Å². The van der Waals surface area contributed by atoms with Gasteiger partial charge in [-0.3, -0.25) is 0 Å². The van der Waals surface area contributed by atoms with E-state index in [2.05, 4.69) is 28.1 Å². The maximum absolute atomic E-state index is 5.87. The number of nitrogens with two attached hydrogens (primary N) is 1. The molecule has 1 aliphatic rings. The summed E-state index contributed by atoms with van der Waals surface area (Å²) in [5.74, 6) is 0.725. The fraction of sp³-hybridized carbons (Fsp3) is 0.500. The van der Waals surface area contributed by atoms with Crippen molar-refractivity contribution in [1.29, 1.82) is 0 Å². The molecule has 2 N–H and O–H groups in total. The van der Waals surface area contributed by atoms with Gasteiger partial charge in [0.05, 0.1) is 0 Å². The first-order valence-electron chi connectivity index (χ1n) is 4.59. The molecule has 2 unspecified atom stereocenters. The van der Waals surface area contributed by atoms with Crippen molar-refractivity contribution in [2.75, 3.05) is 5.73 Å². The maximum Gasteiger partial charge on any atom is 0.128 e. The number of rotatable bonds is 1. The van der Waals surface area contributed by atoms with Gasteiger partial charge in [-0.05, 0) is 24.2 Å². The molecule has 13 heavy (non-hydrogen) atoms. The van der Waals surface area contributed by atoms with E-state index in [1.165, 1.54) is 16.4 Å². The molecule has 0 fully saturated rings. The first-order chi connectivity index (χ1) is 6.02. The van der Waals surface area contributed by atoms with Crippen LogP contribution in [0.1, 0.15) is 37.1 Å². The summed E-state index contributed by atoms with van der Waals surface area (Å²) >= 11 is 0. The van der Waals surface area contributed by atoms with Gasteiger partial charge in [-0.1, -0.05) is 13.8 Å². The van der Waals surface area contributed by atoms with E-state index in [0.29, 0.717) is 0 Å². The third-order valence-electron chi connectivity index (χ3n) is 3.20. The van der Waals surface area contributed by atoms with Crippen molar-refractivity contribution in [3.8, 4) is 0 Å². The molecule has 0 radical (unpaired) electrons. The molecule has 70 valence electrons. The quantitative estimate of drug-likeness (QED) is 0.688. The molecule has 1 aromatic heterocycles. The summed E-state index contributed by atoms with van der Waals surface area (Å²) in [4.78, 5) is 4.33. The molecule has 0 amide bonds. The smallest absolute Gasteiger partial charge is 0.128 e. The fourth-order valence-electron chi connectivity index (χ4n) is 2.09. The van der Waals surface area contributed by atoms with Crippen LogP contribution in [-0.2, 0) is 5.41 Å². The highest BCUT2D eigenvalue weighted by atomic mass is 31.0. The van der Waals surface area contributed by atoms with Crippen LogP contribution in [-0.4, -0.2) is 4.98 Å². The van der Waals surface area contributed by atoms with Crippen molar-refractivity contribution in [1.82, 2.24) is 4.98 Å². The number of aryl methyl sites for hydroxylation is 1. The lowest BCUT2D eigenvalue weighted by atomic mass is 10.0. The van der Waals surface area contributed by atoms with E-state index in [9.17, 15) is 0 Å². The topological polar surface area (TPSA) is 38.9 Å². The van der Waals surface area contributed by atoms with Gasteiger partial charge in [-0.15, -0.1) is 9.24 Å². The van der Waals surface area contributed by atoms with Crippen molar-refractivity contribution in [3.05, 3.63) is 16.8 Å². The SMILES string of the molecule is CCC1(C)c2c(N)nc(C)c(P)c21. The Bertz CT molecular complexity index is 387. The number of nitrogen functional groups attached to an aromatic ring is 1. The highest BCUT2D eigenvalue weighted by Crippen LogP contribution is 2.54. The molecule has 0 bridgehead atoms. The largest absolute Gasteiger partial charge is 0.383 e. The molecule has 2 rings (SSSR count). The van der Waals surface area contributed by atoms with Gasteiger partial charge in [-0.2, -0.15) is 0 Å². The Morgan fingerprint density at radius 2 is 2.08 bits per heavy atom. The Morgan fingerprint density at radius 3 is 2.62 bits per heavy atom. The van der Waals surface area contributed by atoms with Crippen LogP contribution in [0.25, 0.3) is 0 Å². The highest BCUT2D eigenvalue weighted by Gasteiger charge is 2.49. The summed E-state index contributed by atoms with van der Waals surface area (Å²) in [6.07, 6.45) is 1.11. The Kier molecular flexibility index (Phi) is 1.69. The minimum absolute atomic E-state index is 0.211. The van der Waals surface area contributed by atoms with Gasteiger partial charge in [0, 0.05) is 16.7 Å². The van der Waals surface area contributed by atoms with E-state index in [1.807, 2.05) is 6.92 Å². The number of aromatic nitrogens is 1. The standard InChI is InChI=1S/C10H15N2P/c1-4-10(3)6-7(10)9(11)12-5(2)8(6)13/h4,13H2,1-3H3,(H2,11,12). The number of pyridine rings is 1. The molecule has 0 saturated heterocycles. The predicted molar refractivity (Wildman–Crippen MR) is 59.5 cm³/mol. The second-order valence-electron chi connectivity index (χ2n) is 3.93. The molecule has 1 aromatic rings. The second kappa shape index (κ2) is 2.45. The lowest BCUT2D eigenvalue weighted by Crippen LogP contribution is -2.05. The van der Waals surface area contributed by atoms with Crippen molar-refractivity contribution in [3.63, 3.8) is 0 Å². The minimum Gasteiger partial charge on any atom is -0.383 e. The number of fused-ring (bicyclic) bond motifs is 1. The zero-order valence-corrected chi connectivity index (χ0v) is 9.46. The van der Waals surface area contributed by atoms with Gasteiger partial charge in [0.2, 0.25) is 0 Å². The molecule has 2 nitrogen and oxygen atoms in total. The van der Waals surface area contributed by atoms with E-state index in [-0.39, 0.29) is 5.41 Å². The Hall–Kier alpha value is -0.620. The lowest BCUT2D eigenvalue weighted by molar-refractivity contribution is 0.670. The van der Waals surface area contributed by atoms with Crippen molar-refractivity contribution >= 4 is 20.4 Å². The summed E-state index contributed by atoms with van der Waals surface area (Å²) in [5.41, 5.74) is 9.80. The highest BCUT2D eigenvalue weighted by molar-refractivity contribution is 7.27. The van der Waals surface area contributed by atoms with Gasteiger partial charge in [-0.25, -0.2) is 4.98 Å². The molecule has 2 atom stereocenters. The second-order valence-corrected chi connectivity index (χ2v) is 4.51. The average Bonchev–Trinajstić information content (AvgIpc) is 2.70. The van der Waals surface area contributed by atoms with Crippen molar-refractivity contribution in [2.24, 2.45) is 0 Å². The third-order valence-corrected chi connectivity index (χ3v) is 3.91. The monoisotopic (exact) mass is 194 g/mol. The number of anilines is 1. The molecule has 0 saturated carbocycles. The zero-order chi connectivity index (χ0) is 9.80. The minimum atomic E-state index is 0.211. The zero-order valence-electron chi connectivity index (χ0n) is 8.31. The summed E-state index contributed by atoms with van der Waals surface area (Å²) in [5, 5.41) is 1.24. The van der Waals surface area contributed by atoms with Crippen LogP contribution in [0, 0.1) is 6.92 Å². The fourth-order valence-corrected chi connectivity index (χ4v) is 2.62. The first kappa shape index (κ1) is 8.96. The summed E-state index contributed by atoms with van der Waals surface area (Å²) in [7, 11) is 2.77. The lowest BCUT2D eigenvalue weighted by Gasteiger charge is -2.03. The summed E-state index contributed by atoms with van der Waals surface area (Å²) in [6.45, 7) is 6.44. The Morgan fingerprint density at radius 1 is 1.46 bits per heavy atom. The van der Waals surface area contributed by atoms with Crippen LogP contribution < -0.4 is 11.0 Å². The molecule has 1 aliphatic carbocycles. The Labute approximate surface area is 81.1 Å².